The van der Waals surface area contributed by atoms with E-state index in [2.05, 4.69) is 71.7 Å². The molecule has 0 amide bonds. The number of hydrogen-bond donors (Lipinski definition) is 1. The number of anilines is 1. The van der Waals surface area contributed by atoms with Gasteiger partial charge in [-0.3, -0.25) is 0 Å². The highest BCUT2D eigenvalue weighted by molar-refractivity contribution is 8.00. The molecular weight excluding hydrogens is 274 g/mol. The van der Waals surface area contributed by atoms with Crippen molar-refractivity contribution in [1.29, 1.82) is 0 Å². The Hall–Kier alpha value is -1.41. The van der Waals surface area contributed by atoms with Crippen LogP contribution in [0.4, 0.5) is 5.69 Å². The van der Waals surface area contributed by atoms with E-state index in [1.165, 1.54) is 41.8 Å². The molecule has 0 saturated heterocycles. The Morgan fingerprint density at radius 1 is 0.905 bits per heavy atom. The van der Waals surface area contributed by atoms with Crippen LogP contribution in [0.1, 0.15) is 31.2 Å². The van der Waals surface area contributed by atoms with E-state index in [4.69, 9.17) is 0 Å². The molecule has 2 aromatic rings. The van der Waals surface area contributed by atoms with E-state index in [1.807, 2.05) is 0 Å². The van der Waals surface area contributed by atoms with Crippen molar-refractivity contribution in [2.75, 3.05) is 11.9 Å². The van der Waals surface area contributed by atoms with Gasteiger partial charge < -0.3 is 5.32 Å². The van der Waals surface area contributed by atoms with Gasteiger partial charge in [-0.15, -0.1) is 11.8 Å². The molecule has 0 unspecified atom stereocenters. The second-order valence-electron chi connectivity index (χ2n) is 5.71. The quantitative estimate of drug-likeness (QED) is 0.768. The van der Waals surface area contributed by atoms with E-state index in [1.54, 1.807) is 0 Å². The highest BCUT2D eigenvalue weighted by atomic mass is 32.2. The molecule has 1 saturated carbocycles. The lowest BCUT2D eigenvalue weighted by molar-refractivity contribution is 0.886. The van der Waals surface area contributed by atoms with Gasteiger partial charge in [0.15, 0.2) is 0 Å². The lowest BCUT2D eigenvalue weighted by Crippen LogP contribution is -2.04. The van der Waals surface area contributed by atoms with Crippen molar-refractivity contribution in [3.63, 3.8) is 0 Å². The molecule has 1 fully saturated rings. The fourth-order valence-corrected chi connectivity index (χ4v) is 4.09. The Morgan fingerprint density at radius 3 is 2.33 bits per heavy atom. The number of benzene rings is 2. The minimum Gasteiger partial charge on any atom is -0.385 e. The first-order chi connectivity index (χ1) is 10.4. The zero-order valence-electron chi connectivity index (χ0n) is 12.4. The molecular formula is C19H23NS. The molecule has 110 valence electrons. The molecule has 0 radical (unpaired) electrons. The third kappa shape index (κ3) is 4.53. The van der Waals surface area contributed by atoms with Crippen molar-refractivity contribution < 1.29 is 0 Å². The summed E-state index contributed by atoms with van der Waals surface area (Å²) in [5.74, 6) is 0. The van der Waals surface area contributed by atoms with Crippen molar-refractivity contribution in [3.8, 4) is 0 Å². The molecule has 0 aromatic heterocycles. The average Bonchev–Trinajstić information content (AvgIpc) is 3.03. The summed E-state index contributed by atoms with van der Waals surface area (Å²) in [7, 11) is 0. The van der Waals surface area contributed by atoms with Crippen molar-refractivity contribution >= 4 is 17.4 Å². The molecule has 0 spiro atoms. The van der Waals surface area contributed by atoms with Gasteiger partial charge >= 0.3 is 0 Å². The Labute approximate surface area is 132 Å². The number of hydrogen-bond acceptors (Lipinski definition) is 2. The summed E-state index contributed by atoms with van der Waals surface area (Å²) in [6.45, 7) is 0.985. The molecule has 0 bridgehead atoms. The van der Waals surface area contributed by atoms with Crippen LogP contribution in [0.25, 0.3) is 0 Å². The van der Waals surface area contributed by atoms with Crippen LogP contribution in [-0.2, 0) is 6.42 Å². The van der Waals surface area contributed by atoms with Gasteiger partial charge in [0.05, 0.1) is 0 Å². The first-order valence-corrected chi connectivity index (χ1v) is 8.83. The Balaban J connectivity index is 1.45. The van der Waals surface area contributed by atoms with E-state index in [0.717, 1.165) is 18.2 Å². The van der Waals surface area contributed by atoms with E-state index < -0.39 is 0 Å². The number of thioether (sulfide) groups is 1. The maximum Gasteiger partial charge on any atom is 0.0341 e. The summed E-state index contributed by atoms with van der Waals surface area (Å²) in [6, 6.07) is 19.6. The molecule has 3 rings (SSSR count). The van der Waals surface area contributed by atoms with Gasteiger partial charge in [-0.25, -0.2) is 0 Å². The van der Waals surface area contributed by atoms with Crippen molar-refractivity contribution in [3.05, 3.63) is 60.2 Å². The SMILES string of the molecule is c1ccc(CCNc2ccc(SC3CCCC3)cc2)cc1. The number of rotatable bonds is 6. The third-order valence-corrected chi connectivity index (χ3v) is 5.39. The van der Waals surface area contributed by atoms with Crippen LogP contribution in [0.3, 0.4) is 0 Å². The van der Waals surface area contributed by atoms with Crippen molar-refractivity contribution in [2.24, 2.45) is 0 Å². The molecule has 1 N–H and O–H groups in total. The topological polar surface area (TPSA) is 12.0 Å². The monoisotopic (exact) mass is 297 g/mol. The standard InChI is InChI=1S/C19H23NS/c1-2-6-16(7-3-1)14-15-20-17-10-12-19(13-11-17)21-18-8-4-5-9-18/h1-3,6-7,10-13,18,20H,4-5,8-9,14-15H2. The van der Waals surface area contributed by atoms with Gasteiger partial charge in [0.25, 0.3) is 0 Å². The third-order valence-electron chi connectivity index (χ3n) is 4.04. The van der Waals surface area contributed by atoms with Crippen LogP contribution in [0.5, 0.6) is 0 Å². The van der Waals surface area contributed by atoms with Crippen LogP contribution >= 0.6 is 11.8 Å². The molecule has 0 aliphatic heterocycles. The summed E-state index contributed by atoms with van der Waals surface area (Å²) in [6.07, 6.45) is 6.68. The lowest BCUT2D eigenvalue weighted by Gasteiger charge is -2.10. The molecule has 0 heterocycles. The largest absolute Gasteiger partial charge is 0.385 e. The first-order valence-electron chi connectivity index (χ1n) is 7.95. The maximum absolute atomic E-state index is 3.50. The average molecular weight is 297 g/mol. The highest BCUT2D eigenvalue weighted by Gasteiger charge is 2.15. The minimum absolute atomic E-state index is 0.849. The Morgan fingerprint density at radius 2 is 1.62 bits per heavy atom. The molecule has 1 aliphatic carbocycles. The molecule has 21 heavy (non-hydrogen) atoms. The Kier molecular flexibility index (Phi) is 5.23. The second-order valence-corrected chi connectivity index (χ2v) is 7.08. The fraction of sp³-hybridized carbons (Fsp3) is 0.368. The van der Waals surface area contributed by atoms with Crippen LogP contribution < -0.4 is 5.32 Å². The summed E-state index contributed by atoms with van der Waals surface area (Å²) < 4.78 is 0. The predicted octanol–water partition coefficient (Wildman–Crippen LogP) is 5.38. The number of nitrogens with one attached hydrogen (secondary N) is 1. The maximum atomic E-state index is 3.50. The summed E-state index contributed by atoms with van der Waals surface area (Å²) in [4.78, 5) is 1.41. The minimum atomic E-state index is 0.849. The van der Waals surface area contributed by atoms with Gasteiger partial charge in [0.2, 0.25) is 0 Å². The first kappa shape index (κ1) is 14.5. The van der Waals surface area contributed by atoms with Gasteiger partial charge in [0, 0.05) is 22.4 Å². The van der Waals surface area contributed by atoms with Crippen LogP contribution in [-0.4, -0.2) is 11.8 Å². The van der Waals surface area contributed by atoms with E-state index in [9.17, 15) is 0 Å². The van der Waals surface area contributed by atoms with Crippen molar-refractivity contribution in [2.45, 2.75) is 42.2 Å². The van der Waals surface area contributed by atoms with Crippen LogP contribution in [0, 0.1) is 0 Å². The van der Waals surface area contributed by atoms with Crippen LogP contribution in [0.2, 0.25) is 0 Å². The van der Waals surface area contributed by atoms with Gasteiger partial charge in [-0.2, -0.15) is 0 Å². The van der Waals surface area contributed by atoms with Gasteiger partial charge in [0.1, 0.15) is 0 Å². The molecule has 1 aliphatic rings. The normalized spacial score (nSPS) is 15.2. The fourth-order valence-electron chi connectivity index (χ4n) is 2.85. The lowest BCUT2D eigenvalue weighted by atomic mass is 10.1. The summed E-state index contributed by atoms with van der Waals surface area (Å²) in [5.41, 5.74) is 2.61. The molecule has 0 atom stereocenters. The van der Waals surface area contributed by atoms with Gasteiger partial charge in [-0.05, 0) is 49.1 Å². The van der Waals surface area contributed by atoms with Crippen LogP contribution in [0.15, 0.2) is 59.5 Å². The molecule has 2 heteroatoms. The van der Waals surface area contributed by atoms with Crippen molar-refractivity contribution in [1.82, 2.24) is 0 Å². The Bertz CT molecular complexity index is 529. The predicted molar refractivity (Wildman–Crippen MR) is 93.2 cm³/mol. The van der Waals surface area contributed by atoms with E-state index in [-0.39, 0.29) is 0 Å². The highest BCUT2D eigenvalue weighted by Crippen LogP contribution is 2.34. The molecule has 1 nitrogen and oxygen atoms in total. The zero-order chi connectivity index (χ0) is 14.3. The molecule has 2 aromatic carbocycles. The summed E-state index contributed by atoms with van der Waals surface area (Å²) in [5, 5.41) is 4.35. The van der Waals surface area contributed by atoms with Gasteiger partial charge in [-0.1, -0.05) is 43.2 Å². The second kappa shape index (κ2) is 7.56. The zero-order valence-corrected chi connectivity index (χ0v) is 13.2. The van der Waals surface area contributed by atoms with E-state index >= 15 is 0 Å². The smallest absolute Gasteiger partial charge is 0.0341 e. The summed E-state index contributed by atoms with van der Waals surface area (Å²) >= 11 is 2.05. The van der Waals surface area contributed by atoms with E-state index in [0.29, 0.717) is 0 Å².